The first-order valence-corrected chi connectivity index (χ1v) is 8.47. The van der Waals surface area contributed by atoms with E-state index in [2.05, 4.69) is 15.0 Å². The Kier molecular flexibility index (Phi) is 4.63. The van der Waals surface area contributed by atoms with Gasteiger partial charge in [0, 0.05) is 6.04 Å². The van der Waals surface area contributed by atoms with Crippen LogP contribution >= 0.6 is 0 Å². The first-order chi connectivity index (χ1) is 9.09. The van der Waals surface area contributed by atoms with E-state index in [1.807, 2.05) is 6.07 Å². The summed E-state index contributed by atoms with van der Waals surface area (Å²) in [6.45, 7) is 1.61. The van der Waals surface area contributed by atoms with E-state index in [-0.39, 0.29) is 5.75 Å². The van der Waals surface area contributed by atoms with Crippen molar-refractivity contribution in [3.8, 4) is 0 Å². The molecule has 0 unspecified atom stereocenters. The molecule has 0 bridgehead atoms. The van der Waals surface area contributed by atoms with Gasteiger partial charge in [0.25, 0.3) is 0 Å². The predicted octanol–water partition coefficient (Wildman–Crippen LogP) is 2.59. The lowest BCUT2D eigenvalue weighted by molar-refractivity contribution is 0.462. The maximum absolute atomic E-state index is 11.4. The van der Waals surface area contributed by atoms with Crippen LogP contribution in [0.5, 0.6) is 0 Å². The van der Waals surface area contributed by atoms with Gasteiger partial charge in [-0.15, -0.1) is 0 Å². The molecule has 0 saturated heterocycles. The third-order valence-electron chi connectivity index (χ3n) is 3.37. The van der Waals surface area contributed by atoms with Gasteiger partial charge in [-0.3, -0.25) is 4.72 Å². The summed E-state index contributed by atoms with van der Waals surface area (Å²) < 4.78 is 25.3. The monoisotopic (exact) mass is 283 g/mol. The fraction of sp³-hybridized carbons (Fsp3) is 0.615. The predicted molar refractivity (Wildman–Crippen MR) is 77.8 cm³/mol. The average Bonchev–Trinajstić information content (AvgIpc) is 2.42. The Hall–Kier alpha value is -1.30. The van der Waals surface area contributed by atoms with Crippen LogP contribution in [0, 0.1) is 0 Å². The number of sulfonamides is 1. The molecule has 0 atom stereocenters. The minimum absolute atomic E-state index is 0.0646. The number of hydrogen-bond acceptors (Lipinski definition) is 4. The number of aromatic nitrogens is 1. The van der Waals surface area contributed by atoms with Crippen LogP contribution in [0.4, 0.5) is 11.5 Å². The number of hydrogen-bond donors (Lipinski definition) is 2. The highest BCUT2D eigenvalue weighted by atomic mass is 32.2. The molecule has 1 saturated carbocycles. The van der Waals surface area contributed by atoms with Crippen molar-refractivity contribution in [1.82, 2.24) is 4.98 Å². The minimum atomic E-state index is -3.22. The van der Waals surface area contributed by atoms with E-state index in [1.54, 1.807) is 19.2 Å². The van der Waals surface area contributed by atoms with Crippen molar-refractivity contribution in [1.29, 1.82) is 0 Å². The zero-order valence-corrected chi connectivity index (χ0v) is 12.0. The van der Waals surface area contributed by atoms with Crippen molar-refractivity contribution in [2.24, 2.45) is 0 Å². The molecule has 5 nitrogen and oxygen atoms in total. The summed E-state index contributed by atoms with van der Waals surface area (Å²) in [5.41, 5.74) is 0.510. The third-order valence-corrected chi connectivity index (χ3v) is 4.68. The number of rotatable bonds is 5. The maximum Gasteiger partial charge on any atom is 0.232 e. The smallest absolute Gasteiger partial charge is 0.232 e. The molecule has 0 aromatic carbocycles. The standard InChI is InChI=1S/C13H21N3O2S/c1-2-19(17,18)16-12-8-9-13(14-10-12)15-11-6-4-3-5-7-11/h8-11,16H,2-7H2,1H3,(H,14,15). The number of nitrogens with one attached hydrogen (secondary N) is 2. The van der Waals surface area contributed by atoms with E-state index in [9.17, 15) is 8.42 Å². The Morgan fingerprint density at radius 2 is 2.00 bits per heavy atom. The summed E-state index contributed by atoms with van der Waals surface area (Å²) in [7, 11) is -3.22. The first kappa shape index (κ1) is 14.1. The van der Waals surface area contributed by atoms with Crippen molar-refractivity contribution in [2.45, 2.75) is 45.1 Å². The molecule has 1 aromatic heterocycles. The van der Waals surface area contributed by atoms with Crippen LogP contribution in [-0.2, 0) is 10.0 Å². The lowest BCUT2D eigenvalue weighted by Gasteiger charge is -2.23. The lowest BCUT2D eigenvalue weighted by Crippen LogP contribution is -2.22. The zero-order chi connectivity index (χ0) is 13.7. The maximum atomic E-state index is 11.4. The second kappa shape index (κ2) is 6.23. The van der Waals surface area contributed by atoms with E-state index < -0.39 is 10.0 Å². The first-order valence-electron chi connectivity index (χ1n) is 6.82. The van der Waals surface area contributed by atoms with Gasteiger partial charge in [0.15, 0.2) is 0 Å². The molecule has 0 spiro atoms. The van der Waals surface area contributed by atoms with Gasteiger partial charge in [-0.1, -0.05) is 19.3 Å². The van der Waals surface area contributed by atoms with Crippen molar-refractivity contribution < 1.29 is 8.42 Å². The van der Waals surface area contributed by atoms with Crippen LogP contribution in [0.15, 0.2) is 18.3 Å². The molecule has 2 N–H and O–H groups in total. The van der Waals surface area contributed by atoms with Gasteiger partial charge >= 0.3 is 0 Å². The largest absolute Gasteiger partial charge is 0.367 e. The molecule has 0 aliphatic heterocycles. The molecule has 1 aliphatic rings. The summed E-state index contributed by atoms with van der Waals surface area (Å²) in [4.78, 5) is 4.25. The van der Waals surface area contributed by atoms with E-state index in [1.165, 1.54) is 32.1 Å². The minimum Gasteiger partial charge on any atom is -0.367 e. The Balaban J connectivity index is 1.94. The molecule has 0 radical (unpaired) electrons. The normalized spacial score (nSPS) is 17.1. The van der Waals surface area contributed by atoms with Gasteiger partial charge in [-0.2, -0.15) is 0 Å². The van der Waals surface area contributed by atoms with Crippen LogP contribution in [0.3, 0.4) is 0 Å². The molecule has 1 heterocycles. The van der Waals surface area contributed by atoms with Crippen molar-refractivity contribution in [3.05, 3.63) is 18.3 Å². The topological polar surface area (TPSA) is 71.1 Å². The van der Waals surface area contributed by atoms with Crippen LogP contribution in [0.2, 0.25) is 0 Å². The van der Waals surface area contributed by atoms with E-state index >= 15 is 0 Å². The molecule has 2 rings (SSSR count). The number of pyridine rings is 1. The van der Waals surface area contributed by atoms with Gasteiger partial charge < -0.3 is 5.32 Å². The molecule has 1 aromatic rings. The van der Waals surface area contributed by atoms with Crippen LogP contribution in [-0.4, -0.2) is 25.2 Å². The molecule has 106 valence electrons. The second-order valence-corrected chi connectivity index (χ2v) is 6.93. The zero-order valence-electron chi connectivity index (χ0n) is 11.2. The molecule has 1 aliphatic carbocycles. The van der Waals surface area contributed by atoms with Gasteiger partial charge in [-0.05, 0) is 31.9 Å². The summed E-state index contributed by atoms with van der Waals surface area (Å²) in [5, 5.41) is 3.40. The summed E-state index contributed by atoms with van der Waals surface area (Å²) >= 11 is 0. The third kappa shape index (κ3) is 4.38. The van der Waals surface area contributed by atoms with E-state index in [0.29, 0.717) is 11.7 Å². The van der Waals surface area contributed by atoms with Crippen molar-refractivity contribution in [3.63, 3.8) is 0 Å². The van der Waals surface area contributed by atoms with Crippen molar-refractivity contribution >= 4 is 21.5 Å². The molecular weight excluding hydrogens is 262 g/mol. The van der Waals surface area contributed by atoms with Crippen LogP contribution < -0.4 is 10.0 Å². The second-order valence-electron chi connectivity index (χ2n) is 4.92. The van der Waals surface area contributed by atoms with Gasteiger partial charge in [0.2, 0.25) is 10.0 Å². The Bertz CT molecular complexity index is 493. The quantitative estimate of drug-likeness (QED) is 0.871. The Morgan fingerprint density at radius 1 is 1.26 bits per heavy atom. The molecule has 6 heteroatoms. The fourth-order valence-electron chi connectivity index (χ4n) is 2.25. The summed E-state index contributed by atoms with van der Waals surface area (Å²) in [6.07, 6.45) is 7.79. The van der Waals surface area contributed by atoms with Gasteiger partial charge in [0.05, 0.1) is 17.6 Å². The molecule has 1 fully saturated rings. The Morgan fingerprint density at radius 3 is 2.58 bits per heavy atom. The fourth-order valence-corrected chi connectivity index (χ4v) is 2.87. The van der Waals surface area contributed by atoms with Gasteiger partial charge in [-0.25, -0.2) is 13.4 Å². The number of nitrogens with zero attached hydrogens (tertiary/aromatic N) is 1. The summed E-state index contributed by atoms with van der Waals surface area (Å²) in [5.74, 6) is 0.876. The molecule has 19 heavy (non-hydrogen) atoms. The number of anilines is 2. The SMILES string of the molecule is CCS(=O)(=O)Nc1ccc(NC2CCCCC2)nc1. The molecular formula is C13H21N3O2S. The summed E-state index contributed by atoms with van der Waals surface area (Å²) in [6, 6.07) is 4.06. The highest BCUT2D eigenvalue weighted by Gasteiger charge is 2.13. The van der Waals surface area contributed by atoms with Crippen LogP contribution in [0.1, 0.15) is 39.0 Å². The highest BCUT2D eigenvalue weighted by molar-refractivity contribution is 7.92. The highest BCUT2D eigenvalue weighted by Crippen LogP contribution is 2.21. The van der Waals surface area contributed by atoms with Crippen LogP contribution in [0.25, 0.3) is 0 Å². The van der Waals surface area contributed by atoms with E-state index in [0.717, 1.165) is 5.82 Å². The van der Waals surface area contributed by atoms with Crippen molar-refractivity contribution in [2.75, 3.05) is 15.8 Å². The molecule has 0 amide bonds. The van der Waals surface area contributed by atoms with Gasteiger partial charge in [0.1, 0.15) is 5.82 Å². The van der Waals surface area contributed by atoms with E-state index in [4.69, 9.17) is 0 Å². The lowest BCUT2D eigenvalue weighted by atomic mass is 9.95. The Labute approximate surface area is 114 Å². The average molecular weight is 283 g/mol.